The van der Waals surface area contributed by atoms with Crippen LogP contribution in [0, 0.1) is 0 Å². The van der Waals surface area contributed by atoms with Crippen LogP contribution in [0.1, 0.15) is 29.5 Å². The van der Waals surface area contributed by atoms with E-state index in [0.29, 0.717) is 0 Å². The Kier molecular flexibility index (Phi) is 6.16. The molecular weight excluding hydrogens is 392 g/mol. The van der Waals surface area contributed by atoms with E-state index in [9.17, 15) is 8.42 Å². The smallest absolute Gasteiger partial charge is 0.264 e. The molecule has 0 aliphatic heterocycles. The molecule has 1 aliphatic rings. The zero-order valence-corrected chi connectivity index (χ0v) is 18.0. The van der Waals surface area contributed by atoms with E-state index < -0.39 is 10.1 Å². The van der Waals surface area contributed by atoms with Crippen molar-refractivity contribution in [3.8, 4) is 0 Å². The van der Waals surface area contributed by atoms with Crippen molar-refractivity contribution in [3.63, 3.8) is 0 Å². The average molecular weight is 419 g/mol. The van der Waals surface area contributed by atoms with E-state index in [4.69, 9.17) is 0 Å². The molecule has 4 aromatic rings. The van der Waals surface area contributed by atoms with E-state index in [0.717, 1.165) is 11.8 Å². The molecule has 154 valence electrons. The van der Waals surface area contributed by atoms with Gasteiger partial charge in [0.15, 0.2) is 0 Å². The van der Waals surface area contributed by atoms with Gasteiger partial charge < -0.3 is 0 Å². The van der Waals surface area contributed by atoms with Crippen LogP contribution >= 0.6 is 0 Å². The quantitative estimate of drug-likeness (QED) is 0.301. The predicted molar refractivity (Wildman–Crippen MR) is 124 cm³/mol. The lowest BCUT2D eigenvalue weighted by molar-refractivity contribution is 0.311. The van der Waals surface area contributed by atoms with E-state index >= 15 is 0 Å². The van der Waals surface area contributed by atoms with E-state index in [1.165, 1.54) is 47.2 Å². The average Bonchev–Trinajstić information content (AvgIpc) is 2.78. The number of hydrogen-bond acceptors (Lipinski definition) is 3. The Bertz CT molecular complexity index is 1260. The molecule has 0 spiro atoms. The molecule has 1 aliphatic carbocycles. The number of rotatable bonds is 3. The van der Waals surface area contributed by atoms with Crippen LogP contribution in [0.25, 0.3) is 21.5 Å². The van der Waals surface area contributed by atoms with E-state index in [2.05, 4.69) is 52.7 Å². The second kappa shape index (κ2) is 8.99. The van der Waals surface area contributed by atoms with Crippen molar-refractivity contribution in [1.82, 2.24) is 0 Å². The van der Waals surface area contributed by atoms with Gasteiger partial charge in [-0.25, -0.2) is 0 Å². The summed E-state index contributed by atoms with van der Waals surface area (Å²) in [5.41, 5.74) is 4.02. The monoisotopic (exact) mass is 418 g/mol. The van der Waals surface area contributed by atoms with Gasteiger partial charge in [-0.1, -0.05) is 78.9 Å². The largest absolute Gasteiger partial charge is 0.265 e. The fourth-order valence-corrected chi connectivity index (χ4v) is 4.44. The summed E-state index contributed by atoms with van der Waals surface area (Å²) in [5.74, 6) is 0. The first-order chi connectivity index (χ1) is 14.5. The summed E-state index contributed by atoms with van der Waals surface area (Å²) >= 11 is 0. The molecule has 3 nitrogen and oxygen atoms in total. The summed E-state index contributed by atoms with van der Waals surface area (Å²) in [6.45, 7) is 0.111. The molecule has 4 aromatic carbocycles. The Morgan fingerprint density at radius 1 is 0.733 bits per heavy atom. The molecule has 0 unspecified atom stereocenters. The van der Waals surface area contributed by atoms with Crippen LogP contribution in [0.15, 0.2) is 78.9 Å². The summed E-state index contributed by atoms with van der Waals surface area (Å²) in [6, 6.07) is 27.1. The van der Waals surface area contributed by atoms with Crippen LogP contribution in [0.4, 0.5) is 0 Å². The van der Waals surface area contributed by atoms with Crippen molar-refractivity contribution >= 4 is 31.7 Å². The van der Waals surface area contributed by atoms with Gasteiger partial charge in [0.25, 0.3) is 10.1 Å². The second-order valence-corrected chi connectivity index (χ2v) is 9.39. The molecule has 0 heterocycles. The van der Waals surface area contributed by atoms with Gasteiger partial charge in [-0.15, -0.1) is 0 Å². The number of benzene rings is 4. The zero-order valence-electron chi connectivity index (χ0n) is 17.2. The van der Waals surface area contributed by atoms with Crippen molar-refractivity contribution in [1.29, 1.82) is 0 Å². The molecule has 0 amide bonds. The molecule has 5 rings (SSSR count). The molecule has 0 radical (unpaired) electrons. The van der Waals surface area contributed by atoms with Crippen molar-refractivity contribution in [3.05, 3.63) is 95.6 Å². The Morgan fingerprint density at radius 3 is 2.23 bits per heavy atom. The number of fused-ring (bicyclic) bond motifs is 5. The molecule has 0 fully saturated rings. The van der Waals surface area contributed by atoms with Crippen molar-refractivity contribution < 1.29 is 12.6 Å². The Hall–Kier alpha value is -2.69. The molecule has 0 N–H and O–H groups in total. The fraction of sp³-hybridized carbons (Fsp3) is 0.231. The third kappa shape index (κ3) is 4.89. The van der Waals surface area contributed by atoms with Crippen molar-refractivity contribution in [2.75, 3.05) is 6.26 Å². The number of aryl methyl sites for hydroxylation is 2. The highest BCUT2D eigenvalue weighted by Gasteiger charge is 2.13. The molecule has 30 heavy (non-hydrogen) atoms. The fourth-order valence-electron chi connectivity index (χ4n) is 4.09. The summed E-state index contributed by atoms with van der Waals surface area (Å²) in [4.78, 5) is 0. The molecule has 4 heteroatoms. The van der Waals surface area contributed by atoms with Crippen LogP contribution < -0.4 is 0 Å². The summed E-state index contributed by atoms with van der Waals surface area (Å²) in [6.07, 6.45) is 6.25. The molecular formula is C26H26O3S. The SMILES string of the molecule is CS(=O)(=O)OCc1ccccc1.c1ccc2c(c1)ccc1c3c(ccc12)CCCC3. The van der Waals surface area contributed by atoms with Gasteiger partial charge in [-0.2, -0.15) is 8.42 Å². The summed E-state index contributed by atoms with van der Waals surface area (Å²) in [7, 11) is -3.32. The predicted octanol–water partition coefficient (Wildman–Crippen LogP) is 6.03. The van der Waals surface area contributed by atoms with Gasteiger partial charge in [0.05, 0.1) is 12.9 Å². The van der Waals surface area contributed by atoms with Gasteiger partial charge in [-0.05, 0) is 63.9 Å². The Balaban J connectivity index is 0.000000159. The first-order valence-corrected chi connectivity index (χ1v) is 12.1. The van der Waals surface area contributed by atoms with Gasteiger partial charge >= 0.3 is 0 Å². The number of hydrogen-bond donors (Lipinski definition) is 0. The maximum Gasteiger partial charge on any atom is 0.264 e. The van der Waals surface area contributed by atoms with Gasteiger partial charge in [-0.3, -0.25) is 4.18 Å². The normalized spacial score (nSPS) is 13.5. The maximum atomic E-state index is 10.6. The Morgan fingerprint density at radius 2 is 1.43 bits per heavy atom. The van der Waals surface area contributed by atoms with Gasteiger partial charge in [0.1, 0.15) is 0 Å². The molecule has 0 atom stereocenters. The van der Waals surface area contributed by atoms with Crippen LogP contribution in [-0.2, 0) is 33.7 Å². The minimum Gasteiger partial charge on any atom is -0.265 e. The van der Waals surface area contributed by atoms with E-state index in [1.54, 1.807) is 11.1 Å². The topological polar surface area (TPSA) is 43.4 Å². The summed E-state index contributed by atoms with van der Waals surface area (Å²) < 4.78 is 25.8. The van der Waals surface area contributed by atoms with Crippen molar-refractivity contribution in [2.24, 2.45) is 0 Å². The standard InChI is InChI=1S/C18H16.C8H10O3S/c1-3-7-15-13(5-1)9-11-18-16-8-4-2-6-14(16)10-12-17(15)18;1-12(9,10)11-7-8-5-3-2-4-6-8/h1,3,5,7,9-12H,2,4,6,8H2;2-6H,7H2,1H3. The zero-order chi connectivity index (χ0) is 21.0. The molecule has 0 saturated carbocycles. The first-order valence-electron chi connectivity index (χ1n) is 10.3. The highest BCUT2D eigenvalue weighted by atomic mass is 32.2. The van der Waals surface area contributed by atoms with Gasteiger partial charge in [0.2, 0.25) is 0 Å². The third-order valence-electron chi connectivity index (χ3n) is 5.54. The Labute approximate surface area is 178 Å². The van der Waals surface area contributed by atoms with Crippen LogP contribution in [-0.4, -0.2) is 14.7 Å². The van der Waals surface area contributed by atoms with Crippen LogP contribution in [0.5, 0.6) is 0 Å². The first kappa shape index (κ1) is 20.6. The third-order valence-corrected chi connectivity index (χ3v) is 6.09. The minimum atomic E-state index is -3.32. The maximum absolute atomic E-state index is 10.6. The molecule has 0 saturated heterocycles. The molecule has 0 aromatic heterocycles. The highest BCUT2D eigenvalue weighted by molar-refractivity contribution is 7.85. The van der Waals surface area contributed by atoms with Crippen LogP contribution in [0.3, 0.4) is 0 Å². The second-order valence-electron chi connectivity index (χ2n) is 7.74. The lowest BCUT2D eigenvalue weighted by atomic mass is 9.86. The minimum absolute atomic E-state index is 0.111. The van der Waals surface area contributed by atoms with Gasteiger partial charge in [0, 0.05) is 0 Å². The van der Waals surface area contributed by atoms with E-state index in [1.807, 2.05) is 30.3 Å². The van der Waals surface area contributed by atoms with Crippen molar-refractivity contribution in [2.45, 2.75) is 32.3 Å². The lowest BCUT2D eigenvalue weighted by Gasteiger charge is -2.18. The van der Waals surface area contributed by atoms with E-state index in [-0.39, 0.29) is 6.61 Å². The highest BCUT2D eigenvalue weighted by Crippen LogP contribution is 2.33. The summed E-state index contributed by atoms with van der Waals surface area (Å²) in [5, 5.41) is 5.64. The van der Waals surface area contributed by atoms with Crippen LogP contribution in [0.2, 0.25) is 0 Å². The lowest BCUT2D eigenvalue weighted by Crippen LogP contribution is -2.02. The molecule has 0 bridgehead atoms.